The van der Waals surface area contributed by atoms with Crippen LogP contribution >= 0.6 is 39.3 Å². The van der Waals surface area contributed by atoms with Gasteiger partial charge in [-0.3, -0.25) is 4.99 Å². The fourth-order valence-electron chi connectivity index (χ4n) is 0.270. The van der Waals surface area contributed by atoms with E-state index in [1.807, 2.05) is 13.2 Å². The first-order valence-electron chi connectivity index (χ1n) is 2.86. The maximum atomic E-state index is 5.57. The van der Waals surface area contributed by atoms with Crippen LogP contribution in [0.2, 0.25) is 0 Å². The fourth-order valence-corrected chi connectivity index (χ4v) is 0.580. The Bertz CT molecular complexity index is 210. The van der Waals surface area contributed by atoms with E-state index < -0.39 is 0 Å². The molecule has 0 heterocycles. The van der Waals surface area contributed by atoms with Gasteiger partial charge in [0.15, 0.2) is 0 Å². The zero-order chi connectivity index (χ0) is 8.85. The van der Waals surface area contributed by atoms with Crippen molar-refractivity contribution in [2.75, 3.05) is 6.26 Å². The summed E-state index contributed by atoms with van der Waals surface area (Å²) in [6.45, 7) is 5.46. The summed E-state index contributed by atoms with van der Waals surface area (Å²) in [6, 6.07) is 0. The zero-order valence-corrected chi connectivity index (χ0v) is 9.55. The molecule has 11 heavy (non-hydrogen) atoms. The van der Waals surface area contributed by atoms with Crippen LogP contribution in [-0.2, 0) is 0 Å². The standard InChI is InChI=1S/C7H9BrClNS/c1-5(9)7(8)4-10-6(2)11-3/h4H,1H2,2-3H3/b7-4+,10-6+. The molecule has 0 aromatic carbocycles. The van der Waals surface area contributed by atoms with Crippen molar-refractivity contribution >= 4 is 44.3 Å². The molecule has 4 heteroatoms. The van der Waals surface area contributed by atoms with Crippen LogP contribution in [0.25, 0.3) is 0 Å². The van der Waals surface area contributed by atoms with Crippen LogP contribution in [0, 0.1) is 0 Å². The van der Waals surface area contributed by atoms with Gasteiger partial charge in [-0.05, 0) is 29.1 Å². The molecule has 0 saturated carbocycles. The summed E-state index contributed by atoms with van der Waals surface area (Å²) in [6.07, 6.45) is 3.61. The highest BCUT2D eigenvalue weighted by Crippen LogP contribution is 2.18. The Morgan fingerprint density at radius 2 is 2.27 bits per heavy atom. The minimum atomic E-state index is 0.461. The van der Waals surface area contributed by atoms with Crippen molar-refractivity contribution in [2.45, 2.75) is 6.92 Å². The summed E-state index contributed by atoms with van der Waals surface area (Å²) in [5.74, 6) is 0. The predicted octanol–water partition coefficient (Wildman–Crippen LogP) is 3.76. The number of aliphatic imine (C=N–C) groups is 1. The molecule has 0 aliphatic carbocycles. The molecule has 0 N–H and O–H groups in total. The Morgan fingerprint density at radius 1 is 1.73 bits per heavy atom. The number of halogens is 2. The number of nitrogens with zero attached hydrogens (tertiary/aromatic N) is 1. The molecule has 0 saturated heterocycles. The number of thioether (sulfide) groups is 1. The first-order chi connectivity index (χ1) is 5.07. The molecule has 1 nitrogen and oxygen atoms in total. The van der Waals surface area contributed by atoms with Crippen LogP contribution in [0.3, 0.4) is 0 Å². The Hall–Kier alpha value is 0.270. The second-order valence-electron chi connectivity index (χ2n) is 1.73. The van der Waals surface area contributed by atoms with E-state index >= 15 is 0 Å². The monoisotopic (exact) mass is 253 g/mol. The topological polar surface area (TPSA) is 12.4 Å². The summed E-state index contributed by atoms with van der Waals surface area (Å²) >= 11 is 10.4. The van der Waals surface area contributed by atoms with E-state index in [1.54, 1.807) is 18.0 Å². The molecule has 0 aliphatic heterocycles. The summed E-state index contributed by atoms with van der Waals surface area (Å²) < 4.78 is 0.715. The second-order valence-corrected chi connectivity index (χ2v) is 4.04. The lowest BCUT2D eigenvalue weighted by Crippen LogP contribution is -1.78. The van der Waals surface area contributed by atoms with E-state index in [4.69, 9.17) is 11.6 Å². The van der Waals surface area contributed by atoms with Crippen molar-refractivity contribution in [1.82, 2.24) is 0 Å². The predicted molar refractivity (Wildman–Crippen MR) is 58.6 cm³/mol. The minimum Gasteiger partial charge on any atom is -0.254 e. The third-order valence-corrected chi connectivity index (χ3v) is 2.73. The first-order valence-corrected chi connectivity index (χ1v) is 5.26. The van der Waals surface area contributed by atoms with Gasteiger partial charge >= 0.3 is 0 Å². The van der Waals surface area contributed by atoms with Gasteiger partial charge < -0.3 is 0 Å². The van der Waals surface area contributed by atoms with Crippen LogP contribution in [0.5, 0.6) is 0 Å². The first kappa shape index (κ1) is 11.3. The Labute approximate surface area is 84.7 Å². The number of allylic oxidation sites excluding steroid dienone is 2. The third-order valence-electron chi connectivity index (χ3n) is 0.914. The SMILES string of the molecule is C=C(Cl)/C(Br)=C\N=C(/C)SC. The minimum absolute atomic E-state index is 0.461. The summed E-state index contributed by atoms with van der Waals surface area (Å²) in [4.78, 5) is 4.09. The lowest BCUT2D eigenvalue weighted by molar-refractivity contribution is 1.55. The van der Waals surface area contributed by atoms with Crippen molar-refractivity contribution in [1.29, 1.82) is 0 Å². The van der Waals surface area contributed by atoms with Crippen molar-refractivity contribution in [3.05, 3.63) is 22.3 Å². The van der Waals surface area contributed by atoms with Gasteiger partial charge in [-0.15, -0.1) is 11.8 Å². The highest BCUT2D eigenvalue weighted by Gasteiger charge is 1.91. The maximum Gasteiger partial charge on any atom is 0.0698 e. The van der Waals surface area contributed by atoms with Gasteiger partial charge in [0, 0.05) is 11.2 Å². The van der Waals surface area contributed by atoms with Crippen molar-refractivity contribution < 1.29 is 0 Å². The highest BCUT2D eigenvalue weighted by molar-refractivity contribution is 9.12. The van der Waals surface area contributed by atoms with E-state index in [1.165, 1.54) is 0 Å². The van der Waals surface area contributed by atoms with Gasteiger partial charge in [-0.2, -0.15) is 0 Å². The summed E-state index contributed by atoms with van der Waals surface area (Å²) in [5, 5.41) is 1.45. The van der Waals surface area contributed by atoms with Gasteiger partial charge in [0.1, 0.15) is 0 Å². The maximum absolute atomic E-state index is 5.57. The van der Waals surface area contributed by atoms with E-state index in [-0.39, 0.29) is 0 Å². The molecule has 0 bridgehead atoms. The van der Waals surface area contributed by atoms with E-state index in [0.717, 1.165) is 5.04 Å². The molecule has 0 spiro atoms. The largest absolute Gasteiger partial charge is 0.254 e. The molecule has 0 amide bonds. The van der Waals surface area contributed by atoms with Crippen LogP contribution in [0.4, 0.5) is 0 Å². The van der Waals surface area contributed by atoms with Crippen molar-refractivity contribution in [2.24, 2.45) is 4.99 Å². The molecule has 0 rings (SSSR count). The van der Waals surface area contributed by atoms with Gasteiger partial charge in [0.25, 0.3) is 0 Å². The van der Waals surface area contributed by atoms with Gasteiger partial charge in [-0.1, -0.05) is 18.2 Å². The smallest absolute Gasteiger partial charge is 0.0698 e. The molecule has 0 aliphatic rings. The van der Waals surface area contributed by atoms with Gasteiger partial charge in [0.05, 0.1) is 9.53 Å². The molecule has 0 aromatic heterocycles. The Balaban J connectivity index is 4.22. The number of rotatable bonds is 2. The van der Waals surface area contributed by atoms with E-state index in [0.29, 0.717) is 9.51 Å². The Kier molecular flexibility index (Phi) is 6.01. The average Bonchev–Trinajstić information content (AvgIpc) is 1.99. The Morgan fingerprint density at radius 3 is 2.64 bits per heavy atom. The molecule has 62 valence electrons. The molecule has 0 radical (unpaired) electrons. The fraction of sp³-hybridized carbons (Fsp3) is 0.286. The molecular formula is C7H9BrClNS. The average molecular weight is 255 g/mol. The summed E-state index contributed by atoms with van der Waals surface area (Å²) in [5.41, 5.74) is 0. The lowest BCUT2D eigenvalue weighted by Gasteiger charge is -1.92. The van der Waals surface area contributed by atoms with Crippen molar-refractivity contribution in [3.63, 3.8) is 0 Å². The molecule has 0 unspecified atom stereocenters. The quantitative estimate of drug-likeness (QED) is 0.415. The van der Waals surface area contributed by atoms with Crippen LogP contribution in [0.1, 0.15) is 6.92 Å². The molecule has 0 aromatic rings. The number of hydrogen-bond donors (Lipinski definition) is 0. The highest BCUT2D eigenvalue weighted by atomic mass is 79.9. The van der Waals surface area contributed by atoms with Crippen LogP contribution in [0.15, 0.2) is 27.3 Å². The lowest BCUT2D eigenvalue weighted by atomic mass is 10.6. The molecular weight excluding hydrogens is 246 g/mol. The van der Waals surface area contributed by atoms with Crippen LogP contribution < -0.4 is 0 Å². The van der Waals surface area contributed by atoms with Crippen LogP contribution in [-0.4, -0.2) is 11.3 Å². The molecule has 0 fully saturated rings. The normalized spacial score (nSPS) is 13.5. The zero-order valence-electron chi connectivity index (χ0n) is 6.40. The van der Waals surface area contributed by atoms with Gasteiger partial charge in [0.2, 0.25) is 0 Å². The van der Waals surface area contributed by atoms with E-state index in [9.17, 15) is 0 Å². The van der Waals surface area contributed by atoms with Gasteiger partial charge in [-0.25, -0.2) is 0 Å². The van der Waals surface area contributed by atoms with E-state index in [2.05, 4.69) is 27.5 Å². The third kappa shape index (κ3) is 5.53. The summed E-state index contributed by atoms with van der Waals surface area (Å²) in [7, 11) is 0. The number of hydrogen-bond acceptors (Lipinski definition) is 2. The second kappa shape index (κ2) is 5.86. The molecule has 0 atom stereocenters. The van der Waals surface area contributed by atoms with Crippen molar-refractivity contribution in [3.8, 4) is 0 Å².